The van der Waals surface area contributed by atoms with Gasteiger partial charge in [0.15, 0.2) is 0 Å². The van der Waals surface area contributed by atoms with Crippen LogP contribution in [0.15, 0.2) is 45.8 Å². The molecule has 2 aromatic carbocycles. The van der Waals surface area contributed by atoms with E-state index in [2.05, 4.69) is 58.9 Å². The van der Waals surface area contributed by atoms with Gasteiger partial charge in [-0.25, -0.2) is 8.42 Å². The molecule has 0 N–H and O–H groups in total. The highest BCUT2D eigenvalue weighted by molar-refractivity contribution is 9.10. The van der Waals surface area contributed by atoms with E-state index in [1.165, 1.54) is 5.56 Å². The van der Waals surface area contributed by atoms with Gasteiger partial charge in [-0.05, 0) is 66.0 Å². The van der Waals surface area contributed by atoms with E-state index < -0.39 is 10.0 Å². The number of carbonyl (C=O) groups is 1. The molecule has 1 saturated heterocycles. The quantitative estimate of drug-likeness (QED) is 0.630. The lowest BCUT2D eigenvalue weighted by atomic mass is 10.1. The van der Waals surface area contributed by atoms with Gasteiger partial charge in [-0.2, -0.15) is 4.31 Å². The van der Waals surface area contributed by atoms with Gasteiger partial charge < -0.3 is 9.80 Å². The predicted octanol–water partition coefficient (Wildman–Crippen LogP) is 3.96. The molecular formula is C23H28BrN3O3S. The van der Waals surface area contributed by atoms with E-state index in [1.807, 2.05) is 13.0 Å². The molecule has 0 spiro atoms. The molecule has 6 nitrogen and oxygen atoms in total. The van der Waals surface area contributed by atoms with E-state index in [1.54, 1.807) is 15.3 Å². The maximum Gasteiger partial charge on any atom is 0.244 e. The second kappa shape index (κ2) is 8.56. The van der Waals surface area contributed by atoms with Crippen molar-refractivity contribution < 1.29 is 13.2 Å². The molecule has 1 unspecified atom stereocenters. The number of carbonyl (C=O) groups excluding carboxylic acids is 1. The molecule has 0 saturated carbocycles. The van der Waals surface area contributed by atoms with E-state index in [9.17, 15) is 13.2 Å². The summed E-state index contributed by atoms with van der Waals surface area (Å²) >= 11 is 3.48. The Hall–Kier alpha value is -1.90. The van der Waals surface area contributed by atoms with Crippen molar-refractivity contribution in [1.82, 2.24) is 4.31 Å². The Morgan fingerprint density at radius 1 is 1.13 bits per heavy atom. The van der Waals surface area contributed by atoms with Crippen LogP contribution in [0.2, 0.25) is 0 Å². The second-order valence-electron chi connectivity index (χ2n) is 8.30. The van der Waals surface area contributed by atoms with Crippen LogP contribution >= 0.6 is 15.9 Å². The minimum atomic E-state index is -3.69. The van der Waals surface area contributed by atoms with Crippen molar-refractivity contribution in [3.05, 3.63) is 52.0 Å². The lowest BCUT2D eigenvalue weighted by Crippen LogP contribution is -2.53. The van der Waals surface area contributed by atoms with Crippen LogP contribution in [0.25, 0.3) is 0 Å². The van der Waals surface area contributed by atoms with Crippen molar-refractivity contribution in [1.29, 1.82) is 0 Å². The standard InChI is InChI=1S/C23H28BrN3O3S/c1-4-23(28)27-10-9-18-13-20(24)22(14-21(18)27)31(29,30)25-11-12-26(17(3)15-25)19-7-5-16(2)6-8-19/h5-8,13-14,17H,4,9-12,15H2,1-3H3. The number of anilines is 2. The molecule has 8 heteroatoms. The van der Waals surface area contributed by atoms with Crippen molar-refractivity contribution in [3.8, 4) is 0 Å². The van der Waals surface area contributed by atoms with Crippen LogP contribution in [0.3, 0.4) is 0 Å². The molecule has 31 heavy (non-hydrogen) atoms. The summed E-state index contributed by atoms with van der Waals surface area (Å²) in [5.74, 6) is 0.0183. The monoisotopic (exact) mass is 505 g/mol. The van der Waals surface area contributed by atoms with Gasteiger partial charge in [0.1, 0.15) is 0 Å². The average molecular weight is 506 g/mol. The first-order chi connectivity index (χ1) is 14.7. The maximum absolute atomic E-state index is 13.6. The van der Waals surface area contributed by atoms with Gasteiger partial charge in [0, 0.05) is 54.5 Å². The summed E-state index contributed by atoms with van der Waals surface area (Å²) in [6.07, 6.45) is 1.14. The number of hydrogen-bond donors (Lipinski definition) is 0. The molecule has 1 fully saturated rings. The zero-order valence-corrected chi connectivity index (χ0v) is 20.5. The molecule has 0 bridgehead atoms. The van der Waals surface area contributed by atoms with Gasteiger partial charge in [0.05, 0.1) is 4.90 Å². The Bertz CT molecular complexity index is 1100. The van der Waals surface area contributed by atoms with E-state index in [-0.39, 0.29) is 16.8 Å². The number of rotatable bonds is 4. The molecule has 0 aromatic heterocycles. The van der Waals surface area contributed by atoms with E-state index in [0.29, 0.717) is 37.1 Å². The summed E-state index contributed by atoms with van der Waals surface area (Å²) < 4.78 is 29.2. The molecule has 1 atom stereocenters. The van der Waals surface area contributed by atoms with Gasteiger partial charge in [-0.1, -0.05) is 24.6 Å². The van der Waals surface area contributed by atoms with Crippen LogP contribution in [-0.2, 0) is 21.2 Å². The third kappa shape index (κ3) is 4.13. The highest BCUT2D eigenvalue weighted by Crippen LogP contribution is 2.37. The normalized spacial score (nSPS) is 19.5. The first-order valence-electron chi connectivity index (χ1n) is 10.7. The summed E-state index contributed by atoms with van der Waals surface area (Å²) in [5, 5.41) is 0. The third-order valence-electron chi connectivity index (χ3n) is 6.21. The molecule has 2 aliphatic rings. The number of piperazine rings is 1. The molecule has 4 rings (SSSR count). The van der Waals surface area contributed by atoms with Crippen molar-refractivity contribution in [3.63, 3.8) is 0 Å². The highest BCUT2D eigenvalue weighted by atomic mass is 79.9. The van der Waals surface area contributed by atoms with E-state index in [0.717, 1.165) is 23.4 Å². The summed E-state index contributed by atoms with van der Waals surface area (Å²) in [6, 6.07) is 11.9. The maximum atomic E-state index is 13.6. The summed E-state index contributed by atoms with van der Waals surface area (Å²) in [7, 11) is -3.69. The van der Waals surface area contributed by atoms with Crippen LogP contribution in [-0.4, -0.2) is 50.9 Å². The smallest absolute Gasteiger partial charge is 0.244 e. The fourth-order valence-electron chi connectivity index (χ4n) is 4.44. The minimum Gasteiger partial charge on any atom is -0.366 e. The van der Waals surface area contributed by atoms with Gasteiger partial charge in [0.25, 0.3) is 0 Å². The molecular weight excluding hydrogens is 478 g/mol. The van der Waals surface area contributed by atoms with Crippen LogP contribution < -0.4 is 9.80 Å². The fraction of sp³-hybridized carbons (Fsp3) is 0.435. The first kappa shape index (κ1) is 22.3. The largest absolute Gasteiger partial charge is 0.366 e. The van der Waals surface area contributed by atoms with Crippen LogP contribution in [0, 0.1) is 6.92 Å². The highest BCUT2D eigenvalue weighted by Gasteiger charge is 2.35. The van der Waals surface area contributed by atoms with Crippen molar-refractivity contribution in [2.45, 2.75) is 44.6 Å². The lowest BCUT2D eigenvalue weighted by Gasteiger charge is -2.40. The predicted molar refractivity (Wildman–Crippen MR) is 127 cm³/mol. The van der Waals surface area contributed by atoms with Gasteiger partial charge in [0.2, 0.25) is 15.9 Å². The van der Waals surface area contributed by atoms with Crippen molar-refractivity contribution in [2.24, 2.45) is 0 Å². The first-order valence-corrected chi connectivity index (χ1v) is 12.9. The Balaban J connectivity index is 1.60. The number of sulfonamides is 1. The molecule has 0 radical (unpaired) electrons. The number of hydrogen-bond acceptors (Lipinski definition) is 4. The Morgan fingerprint density at radius 2 is 1.84 bits per heavy atom. The molecule has 2 heterocycles. The van der Waals surface area contributed by atoms with E-state index in [4.69, 9.17) is 0 Å². The molecule has 2 aliphatic heterocycles. The Labute approximate surface area is 193 Å². The number of amides is 1. The van der Waals surface area contributed by atoms with Crippen molar-refractivity contribution in [2.75, 3.05) is 36.0 Å². The molecule has 166 valence electrons. The number of aryl methyl sites for hydroxylation is 1. The van der Waals surface area contributed by atoms with Crippen LogP contribution in [0.5, 0.6) is 0 Å². The Kier molecular flexibility index (Phi) is 6.16. The van der Waals surface area contributed by atoms with Gasteiger partial charge >= 0.3 is 0 Å². The lowest BCUT2D eigenvalue weighted by molar-refractivity contribution is -0.118. The number of benzene rings is 2. The second-order valence-corrected chi connectivity index (χ2v) is 11.1. The SMILES string of the molecule is CCC(=O)N1CCc2cc(Br)c(S(=O)(=O)N3CCN(c4ccc(C)cc4)C(C)C3)cc21. The molecule has 1 amide bonds. The van der Waals surface area contributed by atoms with Crippen LogP contribution in [0.1, 0.15) is 31.4 Å². The van der Waals surface area contributed by atoms with Gasteiger partial charge in [-0.15, -0.1) is 0 Å². The van der Waals surface area contributed by atoms with Gasteiger partial charge in [-0.3, -0.25) is 4.79 Å². The summed E-state index contributed by atoms with van der Waals surface area (Å²) in [6.45, 7) is 8.00. The minimum absolute atomic E-state index is 0.0183. The van der Waals surface area contributed by atoms with Crippen LogP contribution in [0.4, 0.5) is 11.4 Å². The Morgan fingerprint density at radius 3 is 2.48 bits per heavy atom. The summed E-state index contributed by atoms with van der Waals surface area (Å²) in [5.41, 5.74) is 4.04. The number of halogens is 1. The third-order valence-corrected chi connectivity index (χ3v) is 9.03. The molecule has 0 aliphatic carbocycles. The van der Waals surface area contributed by atoms with Crippen molar-refractivity contribution >= 4 is 43.2 Å². The molecule has 2 aromatic rings. The zero-order valence-electron chi connectivity index (χ0n) is 18.1. The number of nitrogens with zero attached hydrogens (tertiary/aromatic N) is 3. The average Bonchev–Trinajstić information content (AvgIpc) is 3.16. The number of fused-ring (bicyclic) bond motifs is 1. The topological polar surface area (TPSA) is 60.9 Å². The fourth-order valence-corrected chi connectivity index (χ4v) is 7.02. The van der Waals surface area contributed by atoms with E-state index >= 15 is 0 Å². The summed E-state index contributed by atoms with van der Waals surface area (Å²) in [4.78, 5) is 16.5. The zero-order chi connectivity index (χ0) is 22.3.